The maximum Gasteiger partial charge on any atom is 0.240 e. The summed E-state index contributed by atoms with van der Waals surface area (Å²) in [4.78, 5) is -0.145. The van der Waals surface area contributed by atoms with Gasteiger partial charge in [-0.3, -0.25) is 0 Å². The van der Waals surface area contributed by atoms with Crippen molar-refractivity contribution in [2.24, 2.45) is 0 Å². The summed E-state index contributed by atoms with van der Waals surface area (Å²) >= 11 is 5.49. The lowest BCUT2D eigenvalue weighted by Crippen LogP contribution is -2.38. The molecule has 2 N–H and O–H groups in total. The topological polar surface area (TPSA) is 66.4 Å². The van der Waals surface area contributed by atoms with Gasteiger partial charge in [0.05, 0.1) is 15.5 Å². The van der Waals surface area contributed by atoms with Gasteiger partial charge < -0.3 is 5.11 Å². The maximum atomic E-state index is 12.9. The molecule has 0 fully saturated rings. The molecule has 0 saturated carbocycles. The first kappa shape index (κ1) is 14.4. The van der Waals surface area contributed by atoms with Crippen molar-refractivity contribution in [3.63, 3.8) is 0 Å². The van der Waals surface area contributed by atoms with Gasteiger partial charge >= 0.3 is 0 Å². The molecular weight excluding hydrogens is 269 g/mol. The largest absolute Gasteiger partial charge is 0.389 e. The Morgan fingerprint density at radius 3 is 2.53 bits per heavy atom. The summed E-state index contributed by atoms with van der Waals surface area (Å²) in [6.45, 7) is 2.78. The molecule has 4 nitrogen and oxygen atoms in total. The zero-order chi connectivity index (χ0) is 13.3. The van der Waals surface area contributed by atoms with Gasteiger partial charge in [-0.15, -0.1) is 0 Å². The van der Waals surface area contributed by atoms with Crippen molar-refractivity contribution >= 4 is 21.6 Å². The molecule has 0 bridgehead atoms. The number of benzene rings is 1. The van der Waals surface area contributed by atoms with Gasteiger partial charge in [0.25, 0.3) is 0 Å². The third-order valence-electron chi connectivity index (χ3n) is 1.90. The lowest BCUT2D eigenvalue weighted by Gasteiger charge is -2.17. The molecule has 1 aromatic rings. The molecule has 0 aliphatic carbocycles. The minimum absolute atomic E-state index is 0.145. The monoisotopic (exact) mass is 281 g/mol. The van der Waals surface area contributed by atoms with Crippen molar-refractivity contribution < 1.29 is 17.9 Å². The van der Waals surface area contributed by atoms with E-state index in [2.05, 4.69) is 4.72 Å². The van der Waals surface area contributed by atoms with E-state index >= 15 is 0 Å². The maximum absolute atomic E-state index is 12.9. The molecule has 96 valence electrons. The van der Waals surface area contributed by atoms with Crippen molar-refractivity contribution in [1.82, 2.24) is 4.72 Å². The molecule has 0 unspecified atom stereocenters. The van der Waals surface area contributed by atoms with Crippen LogP contribution < -0.4 is 4.72 Å². The molecule has 0 aliphatic heterocycles. The molecule has 0 aliphatic rings. The fraction of sp³-hybridized carbons (Fsp3) is 0.400. The van der Waals surface area contributed by atoms with Crippen LogP contribution in [0.25, 0.3) is 0 Å². The van der Waals surface area contributed by atoms with Crippen molar-refractivity contribution in [1.29, 1.82) is 0 Å². The zero-order valence-electron chi connectivity index (χ0n) is 9.37. The fourth-order valence-corrected chi connectivity index (χ4v) is 2.47. The van der Waals surface area contributed by atoms with Gasteiger partial charge in [0.1, 0.15) is 5.82 Å². The summed E-state index contributed by atoms with van der Waals surface area (Å²) in [5.41, 5.74) is -1.17. The van der Waals surface area contributed by atoms with Gasteiger partial charge in [-0.2, -0.15) is 0 Å². The third kappa shape index (κ3) is 4.23. The quantitative estimate of drug-likeness (QED) is 0.879. The van der Waals surface area contributed by atoms with Crippen molar-refractivity contribution in [2.75, 3.05) is 6.54 Å². The summed E-state index contributed by atoms with van der Waals surface area (Å²) in [6.07, 6.45) is 0. The Labute approximate surface area is 104 Å². The van der Waals surface area contributed by atoms with E-state index in [-0.39, 0.29) is 16.5 Å². The van der Waals surface area contributed by atoms with Gasteiger partial charge in [-0.1, -0.05) is 11.6 Å². The predicted octanol–water partition coefficient (Wildman–Crippen LogP) is 1.53. The highest BCUT2D eigenvalue weighted by atomic mass is 35.5. The van der Waals surface area contributed by atoms with Crippen LogP contribution in [0.1, 0.15) is 13.8 Å². The highest BCUT2D eigenvalue weighted by molar-refractivity contribution is 7.89. The summed E-state index contributed by atoms with van der Waals surface area (Å²) < 4.78 is 38.6. The second kappa shape index (κ2) is 4.89. The minimum atomic E-state index is -3.79. The van der Waals surface area contributed by atoms with E-state index in [4.69, 9.17) is 11.6 Å². The zero-order valence-corrected chi connectivity index (χ0v) is 10.9. The molecule has 0 radical (unpaired) electrons. The van der Waals surface area contributed by atoms with E-state index in [9.17, 15) is 17.9 Å². The van der Waals surface area contributed by atoms with Crippen LogP contribution in [0.15, 0.2) is 23.1 Å². The third-order valence-corrected chi connectivity index (χ3v) is 3.58. The molecule has 0 amide bonds. The molecule has 17 heavy (non-hydrogen) atoms. The predicted molar refractivity (Wildman–Crippen MR) is 62.9 cm³/mol. The van der Waals surface area contributed by atoms with Crippen LogP contribution in [0, 0.1) is 5.82 Å². The molecule has 0 saturated heterocycles. The smallest absolute Gasteiger partial charge is 0.240 e. The SMILES string of the molecule is CC(C)(O)CNS(=O)(=O)c1ccc(F)c(Cl)c1. The number of rotatable bonds is 4. The highest BCUT2D eigenvalue weighted by Gasteiger charge is 2.20. The number of sulfonamides is 1. The number of hydrogen-bond acceptors (Lipinski definition) is 3. The molecule has 1 aromatic carbocycles. The summed E-state index contributed by atoms with van der Waals surface area (Å²) in [7, 11) is -3.79. The summed E-state index contributed by atoms with van der Waals surface area (Å²) in [6, 6.07) is 3.10. The first-order chi connectivity index (χ1) is 7.62. The molecule has 0 spiro atoms. The first-order valence-corrected chi connectivity index (χ1v) is 6.65. The van der Waals surface area contributed by atoms with Crippen LogP contribution in [0.4, 0.5) is 4.39 Å². The van der Waals surface area contributed by atoms with Crippen LogP contribution >= 0.6 is 11.6 Å². The average molecular weight is 282 g/mol. The van der Waals surface area contributed by atoms with Crippen LogP contribution in [0.2, 0.25) is 5.02 Å². The van der Waals surface area contributed by atoms with E-state index in [0.29, 0.717) is 0 Å². The number of halogens is 2. The van der Waals surface area contributed by atoms with Gasteiger partial charge in [0, 0.05) is 6.54 Å². The normalized spacial score (nSPS) is 12.8. The first-order valence-electron chi connectivity index (χ1n) is 4.79. The van der Waals surface area contributed by atoms with Gasteiger partial charge in [-0.05, 0) is 32.0 Å². The Balaban J connectivity index is 2.94. The van der Waals surface area contributed by atoms with Crippen LogP contribution in [0.5, 0.6) is 0 Å². The molecule has 0 heterocycles. The van der Waals surface area contributed by atoms with Crippen molar-refractivity contribution in [3.8, 4) is 0 Å². The number of nitrogens with one attached hydrogen (secondary N) is 1. The summed E-state index contributed by atoms with van der Waals surface area (Å²) in [5, 5.41) is 9.15. The van der Waals surface area contributed by atoms with Gasteiger partial charge in [0.2, 0.25) is 10.0 Å². The Bertz CT molecular complexity index is 511. The van der Waals surface area contributed by atoms with Crippen molar-refractivity contribution in [3.05, 3.63) is 29.0 Å². The van der Waals surface area contributed by atoms with E-state index in [1.54, 1.807) is 0 Å². The van der Waals surface area contributed by atoms with E-state index < -0.39 is 21.4 Å². The average Bonchev–Trinajstić information content (AvgIpc) is 2.18. The lowest BCUT2D eigenvalue weighted by atomic mass is 10.1. The van der Waals surface area contributed by atoms with Crippen LogP contribution in [0.3, 0.4) is 0 Å². The van der Waals surface area contributed by atoms with E-state index in [1.165, 1.54) is 13.8 Å². The second-order valence-electron chi connectivity index (χ2n) is 4.21. The molecule has 0 aromatic heterocycles. The standard InChI is InChI=1S/C10H13ClFNO3S/c1-10(2,14)6-13-17(15,16)7-3-4-9(12)8(11)5-7/h3-5,13-14H,6H2,1-2H3. The fourth-order valence-electron chi connectivity index (χ4n) is 0.999. The highest BCUT2D eigenvalue weighted by Crippen LogP contribution is 2.19. The van der Waals surface area contributed by atoms with E-state index in [1.807, 2.05) is 0 Å². The molecule has 0 atom stereocenters. The molecular formula is C10H13ClFNO3S. The number of aliphatic hydroxyl groups is 1. The Kier molecular flexibility index (Phi) is 4.14. The number of hydrogen-bond donors (Lipinski definition) is 2. The Morgan fingerprint density at radius 2 is 2.06 bits per heavy atom. The van der Waals surface area contributed by atoms with Crippen LogP contribution in [-0.4, -0.2) is 25.7 Å². The van der Waals surface area contributed by atoms with Crippen molar-refractivity contribution in [2.45, 2.75) is 24.3 Å². The molecule has 1 rings (SSSR count). The van der Waals surface area contributed by atoms with Gasteiger partial charge in [-0.25, -0.2) is 17.5 Å². The van der Waals surface area contributed by atoms with Crippen LogP contribution in [-0.2, 0) is 10.0 Å². The summed E-state index contributed by atoms with van der Waals surface area (Å²) in [5.74, 6) is -0.687. The van der Waals surface area contributed by atoms with E-state index in [0.717, 1.165) is 18.2 Å². The van der Waals surface area contributed by atoms with Gasteiger partial charge in [0.15, 0.2) is 0 Å². The minimum Gasteiger partial charge on any atom is -0.389 e. The Morgan fingerprint density at radius 1 is 1.47 bits per heavy atom. The second-order valence-corrected chi connectivity index (χ2v) is 6.39. The Hall–Kier alpha value is -0.690. The molecule has 7 heteroatoms. The lowest BCUT2D eigenvalue weighted by molar-refractivity contribution is 0.0857.